The summed E-state index contributed by atoms with van der Waals surface area (Å²) in [6, 6.07) is 12.0. The number of hydrazine groups is 1. The molecule has 0 radical (unpaired) electrons. The number of hydrogen-bond acceptors (Lipinski definition) is 6. The van der Waals surface area contributed by atoms with E-state index in [-0.39, 0.29) is 25.0 Å². The van der Waals surface area contributed by atoms with Crippen LogP contribution in [-0.4, -0.2) is 48.9 Å². The molecule has 2 N–H and O–H groups in total. The Bertz CT molecular complexity index is 1000. The van der Waals surface area contributed by atoms with Crippen molar-refractivity contribution >= 4 is 35.0 Å². The quantitative estimate of drug-likeness (QED) is 0.681. The van der Waals surface area contributed by atoms with Gasteiger partial charge in [-0.15, -0.1) is 0 Å². The zero-order valence-electron chi connectivity index (χ0n) is 17.5. The molecule has 2 aromatic carbocycles. The minimum atomic E-state index is -0.908. The number of para-hydroxylation sites is 4. The molecule has 2 atom stereocenters. The largest absolute Gasteiger partial charge is 0.482 e. The lowest BCUT2D eigenvalue weighted by Gasteiger charge is -2.34. The normalized spacial score (nSPS) is 16.7. The van der Waals surface area contributed by atoms with E-state index >= 15 is 0 Å². The Morgan fingerprint density at radius 3 is 1.53 bits per heavy atom. The monoisotopic (exact) mass is 438 g/mol. The maximum Gasteiger partial charge on any atom is 0.265 e. The van der Waals surface area contributed by atoms with Gasteiger partial charge in [0.1, 0.15) is 23.6 Å². The standard InChI is InChI=1S/C22H22N4O6/c1-13(25-15-7-3-5-9-17(15)31-11-19(25)27)21(29)23-24-22(30)14(2)26-16-8-4-6-10-18(16)32-12-20(26)28/h3-10,13-14H,11-12H2,1-2H3,(H,23,29)(H,24,30)/t13-,14-/m0/s1. The zero-order valence-corrected chi connectivity index (χ0v) is 17.5. The molecule has 4 rings (SSSR count). The Labute approximate surface area is 184 Å². The molecule has 2 aliphatic heterocycles. The van der Waals surface area contributed by atoms with E-state index in [4.69, 9.17) is 9.47 Å². The van der Waals surface area contributed by atoms with Crippen LogP contribution in [0, 0.1) is 0 Å². The van der Waals surface area contributed by atoms with E-state index in [1.807, 2.05) is 0 Å². The van der Waals surface area contributed by atoms with Gasteiger partial charge in [0.15, 0.2) is 13.2 Å². The summed E-state index contributed by atoms with van der Waals surface area (Å²) in [4.78, 5) is 52.8. The first-order valence-corrected chi connectivity index (χ1v) is 10.1. The number of carbonyl (C=O) groups is 4. The highest BCUT2D eigenvalue weighted by atomic mass is 16.5. The van der Waals surface area contributed by atoms with Crippen molar-refractivity contribution in [1.29, 1.82) is 0 Å². The molecule has 0 aliphatic carbocycles. The van der Waals surface area contributed by atoms with Crippen molar-refractivity contribution in [3.05, 3.63) is 48.5 Å². The molecule has 10 nitrogen and oxygen atoms in total. The minimum Gasteiger partial charge on any atom is -0.482 e. The molecule has 2 heterocycles. The average Bonchev–Trinajstić information content (AvgIpc) is 2.81. The summed E-state index contributed by atoms with van der Waals surface area (Å²) in [6.45, 7) is 2.73. The van der Waals surface area contributed by atoms with Gasteiger partial charge in [0.05, 0.1) is 11.4 Å². The first-order chi connectivity index (χ1) is 15.4. The maximum absolute atomic E-state index is 12.7. The molecule has 0 bridgehead atoms. The number of benzene rings is 2. The Balaban J connectivity index is 1.43. The van der Waals surface area contributed by atoms with Crippen LogP contribution in [0.5, 0.6) is 11.5 Å². The van der Waals surface area contributed by atoms with Crippen molar-refractivity contribution in [1.82, 2.24) is 10.9 Å². The average molecular weight is 438 g/mol. The topological polar surface area (TPSA) is 117 Å². The van der Waals surface area contributed by atoms with Crippen molar-refractivity contribution < 1.29 is 28.7 Å². The van der Waals surface area contributed by atoms with Crippen molar-refractivity contribution in [2.45, 2.75) is 25.9 Å². The van der Waals surface area contributed by atoms with Gasteiger partial charge in [-0.05, 0) is 38.1 Å². The van der Waals surface area contributed by atoms with Crippen LogP contribution in [-0.2, 0) is 19.2 Å². The van der Waals surface area contributed by atoms with Gasteiger partial charge < -0.3 is 9.47 Å². The highest BCUT2D eigenvalue weighted by Crippen LogP contribution is 2.34. The SMILES string of the molecule is C[C@@H](C(=O)NNC(=O)[C@H](C)N1C(=O)COc2ccccc21)N1C(=O)COc2ccccc21. The van der Waals surface area contributed by atoms with E-state index in [0.29, 0.717) is 22.9 Å². The Morgan fingerprint density at radius 1 is 0.750 bits per heavy atom. The van der Waals surface area contributed by atoms with Crippen LogP contribution < -0.4 is 30.1 Å². The summed E-state index contributed by atoms with van der Waals surface area (Å²) in [5.74, 6) is -0.945. The summed E-state index contributed by atoms with van der Waals surface area (Å²) < 4.78 is 10.8. The second-order valence-corrected chi connectivity index (χ2v) is 7.37. The minimum absolute atomic E-state index is 0.184. The van der Waals surface area contributed by atoms with Crippen LogP contribution in [0.3, 0.4) is 0 Å². The second kappa shape index (κ2) is 8.58. The number of anilines is 2. The molecule has 0 saturated heterocycles. The number of ether oxygens (including phenoxy) is 2. The Morgan fingerprint density at radius 2 is 1.12 bits per heavy atom. The third-order valence-corrected chi connectivity index (χ3v) is 5.33. The lowest BCUT2D eigenvalue weighted by molar-refractivity contribution is -0.132. The highest BCUT2D eigenvalue weighted by molar-refractivity contribution is 6.05. The molecular weight excluding hydrogens is 416 g/mol. The lowest BCUT2D eigenvalue weighted by Crippen LogP contribution is -2.58. The third-order valence-electron chi connectivity index (χ3n) is 5.33. The van der Waals surface area contributed by atoms with E-state index in [9.17, 15) is 19.2 Å². The third kappa shape index (κ3) is 3.82. The van der Waals surface area contributed by atoms with Crippen molar-refractivity contribution in [2.75, 3.05) is 23.0 Å². The van der Waals surface area contributed by atoms with Crippen molar-refractivity contribution in [3.8, 4) is 11.5 Å². The van der Waals surface area contributed by atoms with Gasteiger partial charge >= 0.3 is 0 Å². The molecule has 166 valence electrons. The summed E-state index contributed by atoms with van der Waals surface area (Å²) in [5.41, 5.74) is 5.64. The van der Waals surface area contributed by atoms with E-state index in [0.717, 1.165) is 0 Å². The van der Waals surface area contributed by atoms with Gasteiger partial charge in [-0.2, -0.15) is 0 Å². The van der Waals surface area contributed by atoms with Crippen LogP contribution in [0.1, 0.15) is 13.8 Å². The summed E-state index contributed by atoms with van der Waals surface area (Å²) in [6.07, 6.45) is 0. The predicted molar refractivity (Wildman–Crippen MR) is 114 cm³/mol. The smallest absolute Gasteiger partial charge is 0.265 e. The fourth-order valence-corrected chi connectivity index (χ4v) is 3.66. The van der Waals surface area contributed by atoms with Crippen molar-refractivity contribution in [3.63, 3.8) is 0 Å². The van der Waals surface area contributed by atoms with Crippen LogP contribution in [0.2, 0.25) is 0 Å². The summed E-state index contributed by atoms with van der Waals surface area (Å²) >= 11 is 0. The number of nitrogens with zero attached hydrogens (tertiary/aromatic N) is 2. The molecule has 2 aromatic rings. The van der Waals surface area contributed by atoms with E-state index < -0.39 is 23.9 Å². The Kier molecular flexibility index (Phi) is 5.67. The van der Waals surface area contributed by atoms with Crippen molar-refractivity contribution in [2.24, 2.45) is 0 Å². The van der Waals surface area contributed by atoms with E-state index in [2.05, 4.69) is 10.9 Å². The summed E-state index contributed by atoms with van der Waals surface area (Å²) in [5, 5.41) is 0. The van der Waals surface area contributed by atoms with Gasteiger partial charge in [0, 0.05) is 0 Å². The fraction of sp³-hybridized carbons (Fsp3) is 0.273. The number of nitrogens with one attached hydrogen (secondary N) is 2. The molecule has 10 heteroatoms. The van der Waals surface area contributed by atoms with E-state index in [1.165, 1.54) is 9.80 Å². The molecule has 2 aliphatic rings. The van der Waals surface area contributed by atoms with Crippen LogP contribution in [0.15, 0.2) is 48.5 Å². The van der Waals surface area contributed by atoms with Gasteiger partial charge in [-0.25, -0.2) is 0 Å². The summed E-state index contributed by atoms with van der Waals surface area (Å²) in [7, 11) is 0. The van der Waals surface area contributed by atoms with Crippen LogP contribution in [0.25, 0.3) is 0 Å². The molecule has 0 fully saturated rings. The number of carbonyl (C=O) groups excluding carboxylic acids is 4. The molecular formula is C22H22N4O6. The molecule has 0 unspecified atom stereocenters. The van der Waals surface area contributed by atoms with Gasteiger partial charge in [0.25, 0.3) is 23.6 Å². The van der Waals surface area contributed by atoms with Crippen LogP contribution >= 0.6 is 0 Å². The molecule has 0 spiro atoms. The first kappa shape index (κ1) is 21.2. The van der Waals surface area contributed by atoms with Gasteiger partial charge in [-0.3, -0.25) is 39.8 Å². The predicted octanol–water partition coefficient (Wildman–Crippen LogP) is 0.762. The number of rotatable bonds is 4. The van der Waals surface area contributed by atoms with Crippen LogP contribution in [0.4, 0.5) is 11.4 Å². The molecule has 4 amide bonds. The molecule has 32 heavy (non-hydrogen) atoms. The Hall–Kier alpha value is -4.08. The number of amides is 4. The lowest BCUT2D eigenvalue weighted by atomic mass is 10.1. The van der Waals surface area contributed by atoms with Gasteiger partial charge in [0.2, 0.25) is 0 Å². The maximum atomic E-state index is 12.7. The number of fused-ring (bicyclic) bond motifs is 2. The first-order valence-electron chi connectivity index (χ1n) is 10.1. The highest BCUT2D eigenvalue weighted by Gasteiger charge is 2.35. The second-order valence-electron chi connectivity index (χ2n) is 7.37. The molecule has 0 saturated carbocycles. The zero-order chi connectivity index (χ0) is 22.8. The number of hydrogen-bond donors (Lipinski definition) is 2. The molecule has 0 aromatic heterocycles. The van der Waals surface area contributed by atoms with E-state index in [1.54, 1.807) is 62.4 Å². The van der Waals surface area contributed by atoms with Gasteiger partial charge in [-0.1, -0.05) is 24.3 Å². The fourth-order valence-electron chi connectivity index (χ4n) is 3.66.